The minimum atomic E-state index is -0.276. The standard InChI is InChI=1S/C18H18N6OS.C4H8O/c19-12-16-14(6-11-26-16)21-18(25)15-4-2-13-3-5-17(22-24(13)15)23-9-1-7-20-8-10-23;1-4(2)5-3/h2-6,11,20H,1,7-10H2,(H,21,25);1H2,2-3H3. The Balaban J connectivity index is 0.000000491. The normalized spacial score (nSPS) is 13.5. The number of nitrogens with one attached hydrogen (secondary N) is 2. The van der Waals surface area contributed by atoms with E-state index in [2.05, 4.69) is 38.0 Å². The van der Waals surface area contributed by atoms with Crippen molar-refractivity contribution >= 4 is 34.3 Å². The number of nitriles is 1. The molecule has 8 nitrogen and oxygen atoms in total. The first-order valence-electron chi connectivity index (χ1n) is 9.96. The second-order valence-corrected chi connectivity index (χ2v) is 7.89. The Morgan fingerprint density at radius 1 is 1.29 bits per heavy atom. The van der Waals surface area contributed by atoms with Crippen LogP contribution in [0.3, 0.4) is 0 Å². The predicted molar refractivity (Wildman–Crippen MR) is 124 cm³/mol. The summed E-state index contributed by atoms with van der Waals surface area (Å²) in [6, 6.07) is 11.4. The topological polar surface area (TPSA) is 94.7 Å². The van der Waals surface area contributed by atoms with Gasteiger partial charge in [0.1, 0.15) is 22.5 Å². The number of anilines is 2. The Morgan fingerprint density at radius 2 is 2.06 bits per heavy atom. The average molecular weight is 439 g/mol. The van der Waals surface area contributed by atoms with Gasteiger partial charge < -0.3 is 20.3 Å². The summed E-state index contributed by atoms with van der Waals surface area (Å²) >= 11 is 1.30. The van der Waals surface area contributed by atoms with Gasteiger partial charge in [0.15, 0.2) is 0 Å². The van der Waals surface area contributed by atoms with Crippen molar-refractivity contribution < 1.29 is 9.53 Å². The summed E-state index contributed by atoms with van der Waals surface area (Å²) in [7, 11) is 1.60. The Hall–Kier alpha value is -3.35. The summed E-state index contributed by atoms with van der Waals surface area (Å²) < 4.78 is 6.22. The minimum Gasteiger partial charge on any atom is -0.502 e. The van der Waals surface area contributed by atoms with Crippen molar-refractivity contribution in [3.05, 3.63) is 58.6 Å². The third-order valence-electron chi connectivity index (χ3n) is 4.75. The lowest BCUT2D eigenvalue weighted by Gasteiger charge is -2.21. The van der Waals surface area contributed by atoms with E-state index >= 15 is 0 Å². The number of carbonyl (C=O) groups excluding carboxylic acids is 1. The molecule has 1 aliphatic heterocycles. The number of methoxy groups -OCH3 is 1. The van der Waals surface area contributed by atoms with Gasteiger partial charge in [0.2, 0.25) is 0 Å². The molecule has 2 N–H and O–H groups in total. The van der Waals surface area contributed by atoms with E-state index in [1.807, 2.05) is 18.2 Å². The second-order valence-electron chi connectivity index (χ2n) is 6.97. The van der Waals surface area contributed by atoms with E-state index < -0.39 is 0 Å². The SMILES string of the molecule is C=C(C)OC.N#Cc1sccc1NC(=O)c1ccc2ccc(N3CCCNCC3)nn12. The molecule has 1 fully saturated rings. The summed E-state index contributed by atoms with van der Waals surface area (Å²) in [6.07, 6.45) is 1.06. The van der Waals surface area contributed by atoms with Gasteiger partial charge in [0, 0.05) is 19.6 Å². The van der Waals surface area contributed by atoms with Gasteiger partial charge in [-0.3, -0.25) is 4.79 Å². The second kappa shape index (κ2) is 10.6. The highest BCUT2D eigenvalue weighted by atomic mass is 32.1. The molecule has 9 heteroatoms. The highest BCUT2D eigenvalue weighted by Crippen LogP contribution is 2.22. The maximum absolute atomic E-state index is 12.7. The quantitative estimate of drug-likeness (QED) is 0.606. The van der Waals surface area contributed by atoms with Crippen LogP contribution in [-0.4, -0.2) is 48.8 Å². The van der Waals surface area contributed by atoms with Crippen LogP contribution in [0.15, 0.2) is 48.0 Å². The molecule has 0 saturated carbocycles. The van der Waals surface area contributed by atoms with Crippen LogP contribution in [0.5, 0.6) is 0 Å². The zero-order valence-corrected chi connectivity index (χ0v) is 18.5. The molecule has 0 radical (unpaired) electrons. The molecule has 0 aromatic carbocycles. The van der Waals surface area contributed by atoms with Crippen molar-refractivity contribution in [1.82, 2.24) is 14.9 Å². The summed E-state index contributed by atoms with van der Waals surface area (Å²) in [4.78, 5) is 15.4. The monoisotopic (exact) mass is 438 g/mol. The first-order valence-corrected chi connectivity index (χ1v) is 10.8. The zero-order valence-electron chi connectivity index (χ0n) is 17.7. The van der Waals surface area contributed by atoms with Crippen LogP contribution in [0.1, 0.15) is 28.7 Å². The van der Waals surface area contributed by atoms with Crippen LogP contribution in [0.25, 0.3) is 5.52 Å². The molecule has 1 saturated heterocycles. The molecular weight excluding hydrogens is 412 g/mol. The molecule has 1 amide bonds. The molecule has 4 heterocycles. The fraction of sp³-hybridized carbons (Fsp3) is 0.318. The van der Waals surface area contributed by atoms with Crippen molar-refractivity contribution in [2.75, 3.05) is 43.5 Å². The third-order valence-corrected chi connectivity index (χ3v) is 5.57. The number of hydrogen-bond donors (Lipinski definition) is 2. The van der Waals surface area contributed by atoms with Crippen molar-refractivity contribution in [2.45, 2.75) is 13.3 Å². The number of thiophene rings is 1. The number of amides is 1. The maximum atomic E-state index is 12.7. The lowest BCUT2D eigenvalue weighted by atomic mass is 10.3. The van der Waals surface area contributed by atoms with Crippen LogP contribution < -0.4 is 15.5 Å². The molecule has 0 unspecified atom stereocenters. The minimum absolute atomic E-state index is 0.276. The first kappa shape index (κ1) is 22.3. The molecular formula is C22H26N6O2S. The summed E-state index contributed by atoms with van der Waals surface area (Å²) in [5.74, 6) is 1.34. The molecule has 4 rings (SSSR count). The van der Waals surface area contributed by atoms with E-state index in [1.54, 1.807) is 36.1 Å². The lowest BCUT2D eigenvalue weighted by Crippen LogP contribution is -2.29. The van der Waals surface area contributed by atoms with Gasteiger partial charge in [-0.1, -0.05) is 6.58 Å². The number of fused-ring (bicyclic) bond motifs is 1. The Kier molecular flexibility index (Phi) is 7.65. The first-order chi connectivity index (χ1) is 15.0. The van der Waals surface area contributed by atoms with Gasteiger partial charge in [-0.25, -0.2) is 4.52 Å². The molecule has 0 bridgehead atoms. The zero-order chi connectivity index (χ0) is 22.2. The van der Waals surface area contributed by atoms with Gasteiger partial charge in [-0.15, -0.1) is 16.4 Å². The predicted octanol–water partition coefficient (Wildman–Crippen LogP) is 3.49. The number of hydrogen-bond acceptors (Lipinski definition) is 7. The Morgan fingerprint density at radius 3 is 2.81 bits per heavy atom. The number of aromatic nitrogens is 2. The van der Waals surface area contributed by atoms with Crippen molar-refractivity contribution in [2.24, 2.45) is 0 Å². The smallest absolute Gasteiger partial charge is 0.274 e. The van der Waals surface area contributed by atoms with Crippen LogP contribution in [0.4, 0.5) is 11.5 Å². The lowest BCUT2D eigenvalue weighted by molar-refractivity contribution is 0.102. The van der Waals surface area contributed by atoms with Gasteiger partial charge in [-0.05, 0) is 55.6 Å². The van der Waals surface area contributed by atoms with E-state index in [0.717, 1.165) is 49.7 Å². The van der Waals surface area contributed by atoms with Crippen molar-refractivity contribution in [3.63, 3.8) is 0 Å². The van der Waals surface area contributed by atoms with Gasteiger partial charge in [0.25, 0.3) is 5.91 Å². The molecule has 162 valence electrons. The van der Waals surface area contributed by atoms with Crippen LogP contribution in [-0.2, 0) is 4.74 Å². The Bertz CT molecular complexity index is 1090. The van der Waals surface area contributed by atoms with Gasteiger partial charge in [0.05, 0.1) is 24.1 Å². The fourth-order valence-electron chi connectivity index (χ4n) is 3.07. The van der Waals surface area contributed by atoms with E-state index in [9.17, 15) is 4.79 Å². The number of nitrogens with zero attached hydrogens (tertiary/aromatic N) is 4. The molecule has 0 aliphatic carbocycles. The highest BCUT2D eigenvalue weighted by molar-refractivity contribution is 7.11. The summed E-state index contributed by atoms with van der Waals surface area (Å²) in [6.45, 7) is 9.02. The maximum Gasteiger partial charge on any atom is 0.274 e. The van der Waals surface area contributed by atoms with Gasteiger partial charge in [-0.2, -0.15) is 5.26 Å². The average Bonchev–Trinajstić information content (AvgIpc) is 3.31. The molecule has 3 aromatic rings. The third kappa shape index (κ3) is 5.63. The molecule has 1 aliphatic rings. The number of ether oxygens (including phenoxy) is 1. The van der Waals surface area contributed by atoms with Crippen molar-refractivity contribution in [1.29, 1.82) is 5.26 Å². The van der Waals surface area contributed by atoms with Crippen LogP contribution in [0.2, 0.25) is 0 Å². The molecule has 31 heavy (non-hydrogen) atoms. The van der Waals surface area contributed by atoms with E-state index in [0.29, 0.717) is 16.3 Å². The van der Waals surface area contributed by atoms with Crippen molar-refractivity contribution in [3.8, 4) is 6.07 Å². The van der Waals surface area contributed by atoms with Crippen LogP contribution in [0, 0.1) is 11.3 Å². The molecule has 3 aromatic heterocycles. The largest absolute Gasteiger partial charge is 0.502 e. The molecule has 0 spiro atoms. The summed E-state index contributed by atoms with van der Waals surface area (Å²) in [5.41, 5.74) is 1.84. The highest BCUT2D eigenvalue weighted by Gasteiger charge is 2.17. The number of rotatable bonds is 4. The number of carbonyl (C=O) groups is 1. The van der Waals surface area contributed by atoms with E-state index in [-0.39, 0.29) is 5.91 Å². The molecule has 0 atom stereocenters. The van der Waals surface area contributed by atoms with Crippen LogP contribution >= 0.6 is 11.3 Å². The fourth-order valence-corrected chi connectivity index (χ4v) is 3.71. The Labute approximate surface area is 185 Å². The number of allylic oxidation sites excluding steroid dienone is 1. The summed E-state index contributed by atoms with van der Waals surface area (Å²) in [5, 5.41) is 21.8. The van der Waals surface area contributed by atoms with Gasteiger partial charge >= 0.3 is 0 Å². The van der Waals surface area contributed by atoms with E-state index in [1.165, 1.54) is 11.3 Å². The van der Waals surface area contributed by atoms with E-state index in [4.69, 9.17) is 5.26 Å².